The number of furan rings is 1. The van der Waals surface area contributed by atoms with Crippen LogP contribution in [0.25, 0.3) is 0 Å². The Bertz CT molecular complexity index is 502. The van der Waals surface area contributed by atoms with Crippen molar-refractivity contribution in [1.82, 2.24) is 5.32 Å². The average Bonchev–Trinajstić information content (AvgIpc) is 2.82. The van der Waals surface area contributed by atoms with Crippen molar-refractivity contribution in [3.05, 3.63) is 54.0 Å². The van der Waals surface area contributed by atoms with Gasteiger partial charge in [-0.3, -0.25) is 4.79 Å². The molecule has 1 heterocycles. The fourth-order valence-electron chi connectivity index (χ4n) is 1.70. The zero-order valence-electron chi connectivity index (χ0n) is 10.1. The van der Waals surface area contributed by atoms with Gasteiger partial charge in [-0.1, -0.05) is 0 Å². The molecule has 1 atom stereocenters. The maximum Gasteiger partial charge on any atom is 0.251 e. The number of hydrogen-bond donors (Lipinski definition) is 2. The quantitative estimate of drug-likeness (QED) is 0.869. The molecule has 1 aromatic carbocycles. The molecule has 0 saturated carbocycles. The summed E-state index contributed by atoms with van der Waals surface area (Å²) in [5, 5.41) is 12.0. The van der Waals surface area contributed by atoms with E-state index in [1.807, 2.05) is 19.1 Å². The zero-order valence-corrected chi connectivity index (χ0v) is 10.1. The zero-order chi connectivity index (χ0) is 13.0. The van der Waals surface area contributed by atoms with Crippen molar-refractivity contribution in [3.8, 4) is 5.75 Å². The predicted octanol–water partition coefficient (Wildman–Crippen LogP) is 2.35. The van der Waals surface area contributed by atoms with Crippen molar-refractivity contribution >= 4 is 5.91 Å². The molecular formula is C14H15NO3. The van der Waals surface area contributed by atoms with Crippen molar-refractivity contribution in [2.75, 3.05) is 0 Å². The summed E-state index contributed by atoms with van der Waals surface area (Å²) in [7, 11) is 0. The van der Waals surface area contributed by atoms with Crippen LogP contribution in [0, 0.1) is 0 Å². The highest BCUT2D eigenvalue weighted by molar-refractivity contribution is 5.94. The Morgan fingerprint density at radius 2 is 2.06 bits per heavy atom. The lowest BCUT2D eigenvalue weighted by Gasteiger charge is -2.12. The van der Waals surface area contributed by atoms with E-state index >= 15 is 0 Å². The first-order valence-corrected chi connectivity index (χ1v) is 5.77. The highest BCUT2D eigenvalue weighted by Crippen LogP contribution is 2.10. The molecule has 0 saturated heterocycles. The Kier molecular flexibility index (Phi) is 3.67. The molecule has 18 heavy (non-hydrogen) atoms. The lowest BCUT2D eigenvalue weighted by atomic mass is 10.1. The number of carbonyl (C=O) groups is 1. The first-order chi connectivity index (χ1) is 8.65. The second kappa shape index (κ2) is 5.40. The van der Waals surface area contributed by atoms with E-state index in [0.29, 0.717) is 12.0 Å². The van der Waals surface area contributed by atoms with Gasteiger partial charge < -0.3 is 14.8 Å². The largest absolute Gasteiger partial charge is 0.508 e. The van der Waals surface area contributed by atoms with Gasteiger partial charge in [0.15, 0.2) is 0 Å². The minimum Gasteiger partial charge on any atom is -0.508 e. The molecule has 1 aromatic heterocycles. The Balaban J connectivity index is 1.92. The fourth-order valence-corrected chi connectivity index (χ4v) is 1.70. The number of benzene rings is 1. The van der Waals surface area contributed by atoms with Crippen molar-refractivity contribution in [2.24, 2.45) is 0 Å². The molecule has 0 aliphatic heterocycles. The molecule has 2 rings (SSSR count). The van der Waals surface area contributed by atoms with Crippen LogP contribution in [-0.4, -0.2) is 17.1 Å². The first-order valence-electron chi connectivity index (χ1n) is 5.77. The van der Waals surface area contributed by atoms with E-state index in [4.69, 9.17) is 9.52 Å². The van der Waals surface area contributed by atoms with Crippen LogP contribution in [0.4, 0.5) is 0 Å². The van der Waals surface area contributed by atoms with Gasteiger partial charge in [0.2, 0.25) is 0 Å². The standard InChI is InChI=1S/C14H15NO3/c1-10(9-13-3-2-8-18-13)15-14(17)11-4-6-12(16)7-5-11/h2-8,10,16H,9H2,1H3,(H,15,17). The van der Waals surface area contributed by atoms with Gasteiger partial charge in [0.05, 0.1) is 6.26 Å². The van der Waals surface area contributed by atoms with Crippen LogP contribution in [0.1, 0.15) is 23.0 Å². The van der Waals surface area contributed by atoms with Crippen molar-refractivity contribution in [2.45, 2.75) is 19.4 Å². The number of phenols is 1. The maximum absolute atomic E-state index is 11.9. The highest BCUT2D eigenvalue weighted by Gasteiger charge is 2.11. The SMILES string of the molecule is CC(Cc1ccco1)NC(=O)c1ccc(O)cc1. The normalized spacial score (nSPS) is 12.1. The third kappa shape index (κ3) is 3.13. The van der Waals surface area contributed by atoms with E-state index in [1.54, 1.807) is 18.4 Å². The van der Waals surface area contributed by atoms with E-state index in [0.717, 1.165) is 5.76 Å². The topological polar surface area (TPSA) is 62.5 Å². The number of amides is 1. The average molecular weight is 245 g/mol. The summed E-state index contributed by atoms with van der Waals surface area (Å²) in [5.41, 5.74) is 0.527. The van der Waals surface area contributed by atoms with Crippen LogP contribution in [0.5, 0.6) is 5.75 Å². The van der Waals surface area contributed by atoms with Crippen LogP contribution in [0.2, 0.25) is 0 Å². The minimum absolute atomic E-state index is 0.0162. The highest BCUT2D eigenvalue weighted by atomic mass is 16.3. The van der Waals surface area contributed by atoms with E-state index < -0.39 is 0 Å². The number of rotatable bonds is 4. The van der Waals surface area contributed by atoms with Gasteiger partial charge >= 0.3 is 0 Å². The molecular weight excluding hydrogens is 230 g/mol. The Morgan fingerprint density at radius 3 is 2.67 bits per heavy atom. The third-order valence-corrected chi connectivity index (χ3v) is 2.59. The monoisotopic (exact) mass is 245 g/mol. The second-order valence-corrected chi connectivity index (χ2v) is 4.20. The van der Waals surface area contributed by atoms with Gasteiger partial charge in [-0.05, 0) is 43.3 Å². The predicted molar refractivity (Wildman–Crippen MR) is 67.4 cm³/mol. The van der Waals surface area contributed by atoms with Crippen LogP contribution in [0.3, 0.4) is 0 Å². The Hall–Kier alpha value is -2.23. The molecule has 0 aliphatic carbocycles. The number of carbonyl (C=O) groups excluding carboxylic acids is 1. The Labute approximate surface area is 105 Å². The molecule has 0 bridgehead atoms. The smallest absolute Gasteiger partial charge is 0.251 e. The van der Waals surface area contributed by atoms with E-state index in [-0.39, 0.29) is 17.7 Å². The molecule has 4 heteroatoms. The summed E-state index contributed by atoms with van der Waals surface area (Å²) in [6.07, 6.45) is 2.26. The summed E-state index contributed by atoms with van der Waals surface area (Å²) >= 11 is 0. The fraction of sp³-hybridized carbons (Fsp3) is 0.214. The molecule has 1 amide bonds. The van der Waals surface area contributed by atoms with Gasteiger partial charge in [0.25, 0.3) is 5.91 Å². The van der Waals surface area contributed by atoms with Gasteiger partial charge in [-0.25, -0.2) is 0 Å². The molecule has 2 N–H and O–H groups in total. The summed E-state index contributed by atoms with van der Waals surface area (Å²) < 4.78 is 5.22. The van der Waals surface area contributed by atoms with Crippen LogP contribution >= 0.6 is 0 Å². The molecule has 4 nitrogen and oxygen atoms in total. The number of aromatic hydroxyl groups is 1. The number of hydrogen-bond acceptors (Lipinski definition) is 3. The molecule has 1 unspecified atom stereocenters. The van der Waals surface area contributed by atoms with Crippen molar-refractivity contribution in [1.29, 1.82) is 0 Å². The maximum atomic E-state index is 11.9. The summed E-state index contributed by atoms with van der Waals surface area (Å²) in [4.78, 5) is 11.9. The summed E-state index contributed by atoms with van der Waals surface area (Å²) in [6.45, 7) is 1.92. The van der Waals surface area contributed by atoms with Gasteiger partial charge in [-0.15, -0.1) is 0 Å². The first kappa shape index (κ1) is 12.2. The van der Waals surface area contributed by atoms with Crippen LogP contribution in [0.15, 0.2) is 47.1 Å². The molecule has 0 spiro atoms. The lowest BCUT2D eigenvalue weighted by Crippen LogP contribution is -2.33. The van der Waals surface area contributed by atoms with Crippen LogP contribution < -0.4 is 5.32 Å². The number of nitrogens with one attached hydrogen (secondary N) is 1. The summed E-state index contributed by atoms with van der Waals surface area (Å²) in [6, 6.07) is 9.84. The number of phenolic OH excluding ortho intramolecular Hbond substituents is 1. The molecule has 2 aromatic rings. The summed E-state index contributed by atoms with van der Waals surface area (Å²) in [5.74, 6) is 0.831. The van der Waals surface area contributed by atoms with Gasteiger partial charge in [-0.2, -0.15) is 0 Å². The third-order valence-electron chi connectivity index (χ3n) is 2.59. The molecule has 0 aliphatic rings. The van der Waals surface area contributed by atoms with Gasteiger partial charge in [0, 0.05) is 18.0 Å². The molecule has 94 valence electrons. The van der Waals surface area contributed by atoms with E-state index in [2.05, 4.69) is 5.32 Å². The van der Waals surface area contributed by atoms with E-state index in [9.17, 15) is 4.79 Å². The van der Waals surface area contributed by atoms with Crippen molar-refractivity contribution in [3.63, 3.8) is 0 Å². The minimum atomic E-state index is -0.158. The van der Waals surface area contributed by atoms with Crippen molar-refractivity contribution < 1.29 is 14.3 Å². The second-order valence-electron chi connectivity index (χ2n) is 4.20. The Morgan fingerprint density at radius 1 is 1.33 bits per heavy atom. The van der Waals surface area contributed by atoms with Gasteiger partial charge in [0.1, 0.15) is 11.5 Å². The van der Waals surface area contributed by atoms with E-state index in [1.165, 1.54) is 12.1 Å². The molecule has 0 radical (unpaired) electrons. The lowest BCUT2D eigenvalue weighted by molar-refractivity contribution is 0.0939. The molecule has 0 fully saturated rings. The van der Waals surface area contributed by atoms with Crippen LogP contribution in [-0.2, 0) is 6.42 Å².